The van der Waals surface area contributed by atoms with Crippen molar-refractivity contribution in [1.29, 1.82) is 0 Å². The van der Waals surface area contributed by atoms with Crippen LogP contribution in [0.1, 0.15) is 24.0 Å². The van der Waals surface area contributed by atoms with Crippen LogP contribution in [0.4, 0.5) is 4.39 Å². The summed E-state index contributed by atoms with van der Waals surface area (Å²) in [6.45, 7) is 1.54. The fourth-order valence-electron chi connectivity index (χ4n) is 3.24. The number of rotatable bonds is 7. The fourth-order valence-corrected chi connectivity index (χ4v) is 3.24. The van der Waals surface area contributed by atoms with E-state index in [9.17, 15) is 9.18 Å². The van der Waals surface area contributed by atoms with E-state index in [1.54, 1.807) is 24.3 Å². The van der Waals surface area contributed by atoms with Crippen LogP contribution in [0.15, 0.2) is 48.5 Å². The van der Waals surface area contributed by atoms with Crippen LogP contribution in [0, 0.1) is 11.7 Å². The van der Waals surface area contributed by atoms with E-state index in [0.717, 1.165) is 43.5 Å². The second-order valence-corrected chi connectivity index (χ2v) is 6.75. The Kier molecular flexibility index (Phi) is 6.23. The Balaban J connectivity index is 1.41. The van der Waals surface area contributed by atoms with Crippen molar-refractivity contribution in [3.8, 4) is 5.75 Å². The van der Waals surface area contributed by atoms with E-state index in [1.807, 2.05) is 17.0 Å². The van der Waals surface area contributed by atoms with Gasteiger partial charge >= 0.3 is 0 Å². The summed E-state index contributed by atoms with van der Waals surface area (Å²) in [5.41, 5.74) is 1.94. The van der Waals surface area contributed by atoms with Crippen LogP contribution in [0.5, 0.6) is 5.75 Å². The summed E-state index contributed by atoms with van der Waals surface area (Å²) in [5.74, 6) is 0.897. The number of benzene rings is 2. The molecule has 1 aliphatic rings. The first-order valence-electron chi connectivity index (χ1n) is 8.99. The fraction of sp³-hybridized carbons (Fsp3) is 0.381. The Hall–Kier alpha value is -2.40. The topological polar surface area (TPSA) is 49.8 Å². The molecule has 0 saturated carbocycles. The Morgan fingerprint density at radius 2 is 1.81 bits per heavy atom. The summed E-state index contributed by atoms with van der Waals surface area (Å²) >= 11 is 0. The van der Waals surface area contributed by atoms with Crippen molar-refractivity contribution in [2.24, 2.45) is 5.92 Å². The number of halogens is 1. The molecule has 0 aromatic heterocycles. The third-order valence-electron chi connectivity index (χ3n) is 4.86. The van der Waals surface area contributed by atoms with Crippen LogP contribution in [0.3, 0.4) is 0 Å². The smallest absolute Gasteiger partial charge is 0.260 e. The SMILES string of the molecule is O=C(COc1ccc(CO)cc1)N1CCC(CCc2ccc(F)cc2)C1. The normalized spacial score (nSPS) is 16.7. The molecule has 1 atom stereocenters. The van der Waals surface area contributed by atoms with Gasteiger partial charge in [0.15, 0.2) is 6.61 Å². The highest BCUT2D eigenvalue weighted by Crippen LogP contribution is 2.22. The first-order valence-corrected chi connectivity index (χ1v) is 8.99. The highest BCUT2D eigenvalue weighted by Gasteiger charge is 2.26. The molecule has 1 amide bonds. The molecule has 0 spiro atoms. The summed E-state index contributed by atoms with van der Waals surface area (Å²) in [5, 5.41) is 9.03. The van der Waals surface area contributed by atoms with Crippen molar-refractivity contribution in [3.63, 3.8) is 0 Å². The maximum atomic E-state index is 12.9. The van der Waals surface area contributed by atoms with E-state index >= 15 is 0 Å². The zero-order valence-corrected chi connectivity index (χ0v) is 14.7. The summed E-state index contributed by atoms with van der Waals surface area (Å²) in [7, 11) is 0. The predicted octanol–water partition coefficient (Wildman–Crippen LogP) is 3.18. The quantitative estimate of drug-likeness (QED) is 0.828. The van der Waals surface area contributed by atoms with Crippen molar-refractivity contribution in [1.82, 2.24) is 4.90 Å². The molecule has 5 heteroatoms. The van der Waals surface area contributed by atoms with Gasteiger partial charge in [-0.05, 0) is 60.6 Å². The molecular formula is C21H24FNO3. The highest BCUT2D eigenvalue weighted by atomic mass is 19.1. The minimum atomic E-state index is -0.211. The van der Waals surface area contributed by atoms with Crippen LogP contribution in [-0.4, -0.2) is 35.6 Å². The van der Waals surface area contributed by atoms with Crippen LogP contribution in [-0.2, 0) is 17.8 Å². The average Bonchev–Trinajstić information content (AvgIpc) is 3.15. The first-order chi connectivity index (χ1) is 12.6. The van der Waals surface area contributed by atoms with Gasteiger partial charge in [0.05, 0.1) is 6.61 Å². The maximum absolute atomic E-state index is 12.9. The average molecular weight is 357 g/mol. The zero-order chi connectivity index (χ0) is 18.4. The van der Waals surface area contributed by atoms with E-state index < -0.39 is 0 Å². The molecule has 2 aromatic rings. The number of likely N-dealkylation sites (tertiary alicyclic amines) is 1. The zero-order valence-electron chi connectivity index (χ0n) is 14.7. The van der Waals surface area contributed by atoms with Gasteiger partial charge in [0.2, 0.25) is 0 Å². The number of hydrogen-bond acceptors (Lipinski definition) is 3. The van der Waals surface area contributed by atoms with Gasteiger partial charge in [-0.15, -0.1) is 0 Å². The molecule has 2 aromatic carbocycles. The number of ether oxygens (including phenoxy) is 1. The molecular weight excluding hydrogens is 333 g/mol. The standard InChI is InChI=1S/C21H24FNO3/c22-19-7-3-16(4-8-19)1-2-17-11-12-23(13-17)21(25)15-26-20-9-5-18(14-24)6-10-20/h3-10,17,24H,1-2,11-15H2. The predicted molar refractivity (Wildman–Crippen MR) is 97.3 cm³/mol. The molecule has 1 unspecified atom stereocenters. The van der Waals surface area contributed by atoms with Crippen molar-refractivity contribution in [2.75, 3.05) is 19.7 Å². The molecule has 26 heavy (non-hydrogen) atoms. The Morgan fingerprint density at radius 1 is 1.12 bits per heavy atom. The third-order valence-corrected chi connectivity index (χ3v) is 4.86. The van der Waals surface area contributed by atoms with E-state index in [-0.39, 0.29) is 24.9 Å². The van der Waals surface area contributed by atoms with Gasteiger partial charge in [-0.1, -0.05) is 24.3 Å². The van der Waals surface area contributed by atoms with E-state index in [0.29, 0.717) is 11.7 Å². The lowest BCUT2D eigenvalue weighted by molar-refractivity contribution is -0.132. The second-order valence-electron chi connectivity index (χ2n) is 6.75. The van der Waals surface area contributed by atoms with Crippen LogP contribution in [0.25, 0.3) is 0 Å². The molecule has 1 heterocycles. The molecule has 138 valence electrons. The summed E-state index contributed by atoms with van der Waals surface area (Å²) in [6, 6.07) is 13.7. The van der Waals surface area contributed by atoms with Crippen LogP contribution >= 0.6 is 0 Å². The lowest BCUT2D eigenvalue weighted by Gasteiger charge is -2.17. The Labute approximate surface area is 153 Å². The van der Waals surface area contributed by atoms with Gasteiger partial charge in [0, 0.05) is 13.1 Å². The second kappa shape index (κ2) is 8.81. The van der Waals surface area contributed by atoms with Crippen molar-refractivity contribution >= 4 is 5.91 Å². The largest absolute Gasteiger partial charge is 0.484 e. The lowest BCUT2D eigenvalue weighted by atomic mass is 9.99. The maximum Gasteiger partial charge on any atom is 0.260 e. The molecule has 1 fully saturated rings. The monoisotopic (exact) mass is 357 g/mol. The Morgan fingerprint density at radius 3 is 2.50 bits per heavy atom. The third kappa shape index (κ3) is 5.05. The number of aliphatic hydroxyl groups excluding tert-OH is 1. The number of carbonyl (C=O) groups is 1. The van der Waals surface area contributed by atoms with Gasteiger partial charge in [-0.3, -0.25) is 4.79 Å². The minimum Gasteiger partial charge on any atom is -0.484 e. The number of nitrogens with zero attached hydrogens (tertiary/aromatic N) is 1. The van der Waals surface area contributed by atoms with Crippen molar-refractivity contribution < 1.29 is 19.0 Å². The number of aliphatic hydroxyl groups is 1. The van der Waals surface area contributed by atoms with E-state index in [4.69, 9.17) is 9.84 Å². The molecule has 1 N–H and O–H groups in total. The summed E-state index contributed by atoms with van der Waals surface area (Å²) in [6.07, 6.45) is 2.90. The van der Waals surface area contributed by atoms with Crippen LogP contribution < -0.4 is 4.74 Å². The molecule has 4 nitrogen and oxygen atoms in total. The molecule has 1 saturated heterocycles. The van der Waals surface area contributed by atoms with Gasteiger partial charge in [-0.25, -0.2) is 4.39 Å². The van der Waals surface area contributed by atoms with Crippen molar-refractivity contribution in [3.05, 3.63) is 65.5 Å². The van der Waals surface area contributed by atoms with E-state index in [1.165, 1.54) is 12.1 Å². The summed E-state index contributed by atoms with van der Waals surface area (Å²) < 4.78 is 18.5. The van der Waals surface area contributed by atoms with Gasteiger partial charge in [0.25, 0.3) is 5.91 Å². The number of hydrogen-bond donors (Lipinski definition) is 1. The van der Waals surface area contributed by atoms with Gasteiger partial charge in [0.1, 0.15) is 11.6 Å². The molecule has 1 aliphatic heterocycles. The van der Waals surface area contributed by atoms with Crippen molar-refractivity contribution in [2.45, 2.75) is 25.9 Å². The number of aryl methyl sites for hydroxylation is 1. The first kappa shape index (κ1) is 18.4. The molecule has 0 radical (unpaired) electrons. The Bertz CT molecular complexity index is 715. The van der Waals surface area contributed by atoms with Gasteiger partial charge < -0.3 is 14.7 Å². The van der Waals surface area contributed by atoms with E-state index in [2.05, 4.69) is 0 Å². The summed E-state index contributed by atoms with van der Waals surface area (Å²) in [4.78, 5) is 14.2. The molecule has 3 rings (SSSR count). The number of amides is 1. The number of carbonyl (C=O) groups excluding carboxylic acids is 1. The lowest BCUT2D eigenvalue weighted by Crippen LogP contribution is -2.33. The highest BCUT2D eigenvalue weighted by molar-refractivity contribution is 5.78. The van der Waals surface area contributed by atoms with Gasteiger partial charge in [-0.2, -0.15) is 0 Å². The molecule has 0 aliphatic carbocycles. The minimum absolute atomic E-state index is 0.000479. The molecule has 0 bridgehead atoms. The van der Waals surface area contributed by atoms with Crippen LogP contribution in [0.2, 0.25) is 0 Å².